The number of esters is 1. The predicted octanol–water partition coefficient (Wildman–Crippen LogP) is 2.70. The van der Waals surface area contributed by atoms with E-state index in [1.165, 1.54) is 11.3 Å². The Morgan fingerprint density at radius 1 is 1.12 bits per heavy atom. The Bertz CT molecular complexity index is 1090. The molecule has 33 heavy (non-hydrogen) atoms. The first kappa shape index (κ1) is 24.3. The number of anilines is 1. The van der Waals surface area contributed by atoms with Gasteiger partial charge in [0, 0.05) is 23.9 Å². The largest absolute Gasteiger partial charge is 0.456 e. The van der Waals surface area contributed by atoms with Crippen molar-refractivity contribution in [3.8, 4) is 0 Å². The quantitative estimate of drug-likeness (QED) is 0.376. The first-order chi connectivity index (χ1) is 15.8. The van der Waals surface area contributed by atoms with Crippen molar-refractivity contribution in [2.24, 2.45) is 5.73 Å². The fourth-order valence-corrected chi connectivity index (χ4v) is 4.81. The zero-order chi connectivity index (χ0) is 24.0. The minimum absolute atomic E-state index is 0.0552. The van der Waals surface area contributed by atoms with Crippen molar-refractivity contribution in [1.29, 1.82) is 0 Å². The lowest BCUT2D eigenvalue weighted by atomic mass is 9.95. The van der Waals surface area contributed by atoms with E-state index in [4.69, 9.17) is 10.5 Å². The van der Waals surface area contributed by atoms with Gasteiger partial charge < -0.3 is 21.1 Å². The van der Waals surface area contributed by atoms with E-state index in [1.54, 1.807) is 0 Å². The number of carbonyl (C=O) groups is 4. The summed E-state index contributed by atoms with van der Waals surface area (Å²) in [6.45, 7) is -0.480. The Hall–Kier alpha value is -3.34. The summed E-state index contributed by atoms with van der Waals surface area (Å²) < 4.78 is 31.4. The highest BCUT2D eigenvalue weighted by Gasteiger charge is 2.25. The Balaban J connectivity index is 1.40. The van der Waals surface area contributed by atoms with Gasteiger partial charge in [0.25, 0.3) is 17.7 Å². The van der Waals surface area contributed by atoms with E-state index in [0.29, 0.717) is 16.6 Å². The molecule has 1 heterocycles. The van der Waals surface area contributed by atoms with Gasteiger partial charge in [0.2, 0.25) is 0 Å². The van der Waals surface area contributed by atoms with Gasteiger partial charge in [0.15, 0.2) is 6.61 Å². The molecule has 0 saturated carbocycles. The zero-order valence-corrected chi connectivity index (χ0v) is 18.5. The summed E-state index contributed by atoms with van der Waals surface area (Å²) in [5.74, 6) is -4.37. The van der Waals surface area contributed by atoms with Crippen LogP contribution in [0.3, 0.4) is 0 Å². The molecule has 1 aromatic carbocycles. The summed E-state index contributed by atoms with van der Waals surface area (Å²) >= 11 is 1.31. The molecule has 0 aliphatic heterocycles. The van der Waals surface area contributed by atoms with Crippen LogP contribution in [0, 0.1) is 11.6 Å². The van der Waals surface area contributed by atoms with Gasteiger partial charge in [-0.2, -0.15) is 0 Å². The minimum Gasteiger partial charge on any atom is -0.456 e. The minimum atomic E-state index is -0.982. The van der Waals surface area contributed by atoms with E-state index in [9.17, 15) is 28.0 Å². The molecule has 1 aliphatic rings. The number of primary amides is 1. The van der Waals surface area contributed by atoms with Gasteiger partial charge in [0.05, 0.1) is 11.1 Å². The third-order valence-corrected chi connectivity index (χ3v) is 6.26. The average Bonchev–Trinajstić information content (AvgIpc) is 3.13. The standard InChI is InChI=1S/C22H23F2N3O5S/c23-12-7-8-13(15(24)10-12)21(31)26-9-3-6-18(29)32-11-17(28)27-22-19(20(25)30)14-4-1-2-5-16(14)33-22/h7-8,10H,1-6,9,11H2,(H2,25,30)(H,26,31)(H,27,28). The molecule has 0 bridgehead atoms. The Labute approximate surface area is 192 Å². The fraction of sp³-hybridized carbons (Fsp3) is 0.364. The van der Waals surface area contributed by atoms with Gasteiger partial charge in [-0.1, -0.05) is 0 Å². The number of hydrogen-bond donors (Lipinski definition) is 3. The van der Waals surface area contributed by atoms with Crippen LogP contribution in [0.15, 0.2) is 18.2 Å². The molecule has 0 radical (unpaired) electrons. The number of amides is 3. The molecule has 0 fully saturated rings. The van der Waals surface area contributed by atoms with Crippen LogP contribution in [-0.4, -0.2) is 36.8 Å². The lowest BCUT2D eigenvalue weighted by Crippen LogP contribution is -2.26. The van der Waals surface area contributed by atoms with Crippen molar-refractivity contribution in [2.75, 3.05) is 18.5 Å². The Morgan fingerprint density at radius 3 is 2.61 bits per heavy atom. The maximum absolute atomic E-state index is 13.6. The zero-order valence-electron chi connectivity index (χ0n) is 17.7. The Kier molecular flexibility index (Phi) is 8.10. The molecule has 0 atom stereocenters. The summed E-state index contributed by atoms with van der Waals surface area (Å²) in [5.41, 5.74) is 6.39. The Morgan fingerprint density at radius 2 is 1.88 bits per heavy atom. The van der Waals surface area contributed by atoms with Gasteiger partial charge in [-0.25, -0.2) is 8.78 Å². The SMILES string of the molecule is NC(=O)c1c(NC(=O)COC(=O)CCCNC(=O)c2ccc(F)cc2F)sc2c1CCCC2. The summed E-state index contributed by atoms with van der Waals surface area (Å²) in [4.78, 5) is 48.8. The van der Waals surface area contributed by atoms with Gasteiger partial charge in [-0.3, -0.25) is 19.2 Å². The second-order valence-electron chi connectivity index (χ2n) is 7.47. The van der Waals surface area contributed by atoms with E-state index in [2.05, 4.69) is 10.6 Å². The molecule has 2 aromatic rings. The van der Waals surface area contributed by atoms with E-state index in [-0.39, 0.29) is 24.9 Å². The molecule has 1 aliphatic carbocycles. The van der Waals surface area contributed by atoms with Gasteiger partial charge in [-0.05, 0) is 49.8 Å². The molecule has 1 aromatic heterocycles. The molecule has 3 rings (SSSR count). The monoisotopic (exact) mass is 479 g/mol. The number of fused-ring (bicyclic) bond motifs is 1. The highest BCUT2D eigenvalue weighted by molar-refractivity contribution is 7.17. The number of nitrogens with one attached hydrogen (secondary N) is 2. The topological polar surface area (TPSA) is 128 Å². The number of thiophene rings is 1. The van der Waals surface area contributed by atoms with E-state index < -0.39 is 41.9 Å². The van der Waals surface area contributed by atoms with Crippen LogP contribution >= 0.6 is 11.3 Å². The maximum atomic E-state index is 13.6. The van der Waals surface area contributed by atoms with E-state index >= 15 is 0 Å². The molecule has 4 N–H and O–H groups in total. The molecule has 3 amide bonds. The fourth-order valence-electron chi connectivity index (χ4n) is 3.50. The van der Waals surface area contributed by atoms with Gasteiger partial charge in [0.1, 0.15) is 16.6 Å². The summed E-state index contributed by atoms with van der Waals surface area (Å²) in [7, 11) is 0. The van der Waals surface area contributed by atoms with E-state index in [1.807, 2.05) is 0 Å². The highest BCUT2D eigenvalue weighted by Crippen LogP contribution is 2.37. The van der Waals surface area contributed by atoms with Crippen molar-refractivity contribution in [1.82, 2.24) is 5.32 Å². The number of carbonyl (C=O) groups excluding carboxylic acids is 4. The average molecular weight is 480 g/mol. The van der Waals surface area contributed by atoms with Crippen LogP contribution in [-0.2, 0) is 27.2 Å². The van der Waals surface area contributed by atoms with E-state index in [0.717, 1.165) is 48.3 Å². The third-order valence-electron chi connectivity index (χ3n) is 5.05. The number of benzene rings is 1. The smallest absolute Gasteiger partial charge is 0.306 e. The van der Waals surface area contributed by atoms with Crippen LogP contribution in [0.4, 0.5) is 13.8 Å². The summed E-state index contributed by atoms with van der Waals surface area (Å²) in [6.07, 6.45) is 3.64. The van der Waals surface area contributed by atoms with Gasteiger partial charge >= 0.3 is 5.97 Å². The normalized spacial score (nSPS) is 12.5. The van der Waals surface area contributed by atoms with Crippen LogP contribution in [0.5, 0.6) is 0 Å². The molecule has 0 spiro atoms. The lowest BCUT2D eigenvalue weighted by molar-refractivity contribution is -0.147. The van der Waals surface area contributed by atoms with Crippen molar-refractivity contribution < 1.29 is 32.7 Å². The number of halogens is 2. The third kappa shape index (κ3) is 6.35. The number of ether oxygens (including phenoxy) is 1. The predicted molar refractivity (Wildman–Crippen MR) is 117 cm³/mol. The van der Waals surface area contributed by atoms with Crippen LogP contribution in [0.25, 0.3) is 0 Å². The summed E-state index contributed by atoms with van der Waals surface area (Å²) in [6, 6.07) is 2.61. The lowest BCUT2D eigenvalue weighted by Gasteiger charge is -2.11. The number of aryl methyl sites for hydroxylation is 1. The molecule has 11 heteroatoms. The first-order valence-electron chi connectivity index (χ1n) is 10.4. The van der Waals surface area contributed by atoms with Crippen molar-refractivity contribution in [3.05, 3.63) is 51.4 Å². The molecule has 8 nitrogen and oxygen atoms in total. The number of hydrogen-bond acceptors (Lipinski definition) is 6. The van der Waals surface area contributed by atoms with Crippen molar-refractivity contribution in [3.63, 3.8) is 0 Å². The highest BCUT2D eigenvalue weighted by atomic mass is 32.1. The molecular formula is C22H23F2N3O5S. The summed E-state index contributed by atoms with van der Waals surface area (Å²) in [5, 5.41) is 5.39. The molecule has 0 saturated heterocycles. The molecular weight excluding hydrogens is 456 g/mol. The number of nitrogens with two attached hydrogens (primary N) is 1. The maximum Gasteiger partial charge on any atom is 0.306 e. The van der Waals surface area contributed by atoms with Gasteiger partial charge in [-0.15, -0.1) is 11.3 Å². The first-order valence-corrected chi connectivity index (χ1v) is 11.2. The second-order valence-corrected chi connectivity index (χ2v) is 8.58. The molecule has 0 unspecified atom stereocenters. The van der Waals surface area contributed by atoms with Crippen LogP contribution < -0.4 is 16.4 Å². The number of rotatable bonds is 9. The second kappa shape index (κ2) is 11.0. The van der Waals surface area contributed by atoms with Crippen LogP contribution in [0.2, 0.25) is 0 Å². The van der Waals surface area contributed by atoms with Crippen molar-refractivity contribution in [2.45, 2.75) is 38.5 Å². The van der Waals surface area contributed by atoms with Crippen LogP contribution in [0.1, 0.15) is 56.8 Å². The van der Waals surface area contributed by atoms with Crippen molar-refractivity contribution >= 4 is 40.0 Å². The molecule has 176 valence electrons.